The number of morpholine rings is 1. The van der Waals surface area contributed by atoms with E-state index in [0.717, 1.165) is 16.7 Å². The second-order valence-corrected chi connectivity index (χ2v) is 5.26. The zero-order chi connectivity index (χ0) is 13.1. The first-order chi connectivity index (χ1) is 8.65. The topological polar surface area (TPSA) is 56.5 Å². The van der Waals surface area contributed by atoms with Gasteiger partial charge in [-0.3, -0.25) is 0 Å². The van der Waals surface area contributed by atoms with Gasteiger partial charge in [0.1, 0.15) is 6.07 Å². The SMILES string of the molecule is CC1CN(c2cccc(Br)c2C#N)CC(CO)O1. The first-order valence-corrected chi connectivity index (χ1v) is 6.65. The molecule has 4 nitrogen and oxygen atoms in total. The first-order valence-electron chi connectivity index (χ1n) is 5.85. The molecule has 0 radical (unpaired) electrons. The van der Waals surface area contributed by atoms with Crippen LogP contribution in [0.25, 0.3) is 0 Å². The second kappa shape index (κ2) is 5.70. The van der Waals surface area contributed by atoms with Crippen molar-refractivity contribution in [2.45, 2.75) is 19.1 Å². The van der Waals surface area contributed by atoms with E-state index in [9.17, 15) is 10.4 Å². The van der Waals surface area contributed by atoms with Crippen LogP contribution in [0.5, 0.6) is 0 Å². The number of aliphatic hydroxyl groups is 1. The molecule has 1 fully saturated rings. The maximum absolute atomic E-state index is 9.23. The molecule has 1 aliphatic rings. The number of hydrogen-bond donors (Lipinski definition) is 1. The molecular weight excluding hydrogens is 296 g/mol. The standard InChI is InChI=1S/C13H15BrN2O2/c1-9-6-16(7-10(8-17)18-9)13-4-2-3-12(14)11(13)5-15/h2-4,9-10,17H,6-8H2,1H3. The number of benzene rings is 1. The van der Waals surface area contributed by atoms with E-state index >= 15 is 0 Å². The van der Waals surface area contributed by atoms with Crippen molar-refractivity contribution in [3.05, 3.63) is 28.2 Å². The number of halogens is 1. The molecule has 0 bridgehead atoms. The third kappa shape index (κ3) is 2.66. The highest BCUT2D eigenvalue weighted by atomic mass is 79.9. The fourth-order valence-electron chi connectivity index (χ4n) is 2.23. The van der Waals surface area contributed by atoms with Gasteiger partial charge in [-0.2, -0.15) is 5.26 Å². The minimum Gasteiger partial charge on any atom is -0.394 e. The van der Waals surface area contributed by atoms with E-state index in [2.05, 4.69) is 26.9 Å². The molecule has 96 valence electrons. The molecule has 1 heterocycles. The van der Waals surface area contributed by atoms with E-state index in [1.807, 2.05) is 25.1 Å². The lowest BCUT2D eigenvalue weighted by atomic mass is 10.1. The molecule has 5 heteroatoms. The van der Waals surface area contributed by atoms with Gasteiger partial charge in [0.15, 0.2) is 0 Å². The zero-order valence-electron chi connectivity index (χ0n) is 10.1. The predicted molar refractivity (Wildman–Crippen MR) is 72.5 cm³/mol. The van der Waals surface area contributed by atoms with Gasteiger partial charge in [-0.1, -0.05) is 6.07 Å². The van der Waals surface area contributed by atoms with Crippen molar-refractivity contribution in [3.8, 4) is 6.07 Å². The average Bonchev–Trinajstić information content (AvgIpc) is 2.37. The van der Waals surface area contributed by atoms with Gasteiger partial charge < -0.3 is 14.7 Å². The highest BCUT2D eigenvalue weighted by molar-refractivity contribution is 9.10. The van der Waals surface area contributed by atoms with Crippen LogP contribution in [-0.4, -0.2) is 37.0 Å². The third-order valence-electron chi connectivity index (χ3n) is 2.97. The van der Waals surface area contributed by atoms with Crippen LogP contribution in [-0.2, 0) is 4.74 Å². The van der Waals surface area contributed by atoms with Gasteiger partial charge in [-0.15, -0.1) is 0 Å². The highest BCUT2D eigenvalue weighted by Gasteiger charge is 2.26. The van der Waals surface area contributed by atoms with Crippen molar-refractivity contribution < 1.29 is 9.84 Å². The summed E-state index contributed by atoms with van der Waals surface area (Å²) in [5.41, 5.74) is 1.52. The fourth-order valence-corrected chi connectivity index (χ4v) is 2.67. The van der Waals surface area contributed by atoms with Crippen LogP contribution >= 0.6 is 15.9 Å². The van der Waals surface area contributed by atoms with Gasteiger partial charge in [0, 0.05) is 17.6 Å². The summed E-state index contributed by atoms with van der Waals surface area (Å²) in [4.78, 5) is 2.10. The van der Waals surface area contributed by atoms with E-state index in [1.165, 1.54) is 0 Å². The lowest BCUT2D eigenvalue weighted by Crippen LogP contribution is -2.48. The Kier molecular flexibility index (Phi) is 4.23. The quantitative estimate of drug-likeness (QED) is 0.906. The smallest absolute Gasteiger partial charge is 0.103 e. The Bertz CT molecular complexity index is 473. The van der Waals surface area contributed by atoms with Gasteiger partial charge in [0.25, 0.3) is 0 Å². The van der Waals surface area contributed by atoms with E-state index < -0.39 is 0 Å². The summed E-state index contributed by atoms with van der Waals surface area (Å²) < 4.78 is 6.40. The molecule has 0 saturated carbocycles. The van der Waals surface area contributed by atoms with Crippen molar-refractivity contribution >= 4 is 21.6 Å². The Morgan fingerprint density at radius 1 is 1.56 bits per heavy atom. The minimum atomic E-state index is -0.195. The van der Waals surface area contributed by atoms with Crippen LogP contribution in [0, 0.1) is 11.3 Å². The third-order valence-corrected chi connectivity index (χ3v) is 3.63. The van der Waals surface area contributed by atoms with E-state index in [1.54, 1.807) is 0 Å². The molecule has 2 rings (SSSR count). The Labute approximate surface area is 115 Å². The molecule has 2 unspecified atom stereocenters. The summed E-state index contributed by atoms with van der Waals surface area (Å²) >= 11 is 3.39. The summed E-state index contributed by atoms with van der Waals surface area (Å²) in [7, 11) is 0. The molecule has 0 amide bonds. The van der Waals surface area contributed by atoms with Crippen LogP contribution < -0.4 is 4.90 Å². The molecule has 1 aromatic rings. The monoisotopic (exact) mass is 310 g/mol. The second-order valence-electron chi connectivity index (χ2n) is 4.40. The van der Waals surface area contributed by atoms with Gasteiger partial charge in [0.05, 0.1) is 30.1 Å². The molecule has 1 aromatic carbocycles. The number of aliphatic hydroxyl groups excluding tert-OH is 1. The lowest BCUT2D eigenvalue weighted by molar-refractivity contribution is -0.0421. The molecule has 1 N–H and O–H groups in total. The van der Waals surface area contributed by atoms with Gasteiger partial charge >= 0.3 is 0 Å². The van der Waals surface area contributed by atoms with Crippen molar-refractivity contribution in [2.75, 3.05) is 24.6 Å². The maximum atomic E-state index is 9.23. The fraction of sp³-hybridized carbons (Fsp3) is 0.462. The Hall–Kier alpha value is -1.09. The minimum absolute atomic E-state index is 0.00324. The summed E-state index contributed by atoms with van der Waals surface area (Å²) in [5.74, 6) is 0. The van der Waals surface area contributed by atoms with Crippen molar-refractivity contribution in [3.63, 3.8) is 0 Å². The summed E-state index contributed by atoms with van der Waals surface area (Å²) in [5, 5.41) is 18.5. The van der Waals surface area contributed by atoms with Crippen LogP contribution in [0.1, 0.15) is 12.5 Å². The number of hydrogen-bond acceptors (Lipinski definition) is 4. The van der Waals surface area contributed by atoms with Gasteiger partial charge in [0.2, 0.25) is 0 Å². The number of nitrogens with zero attached hydrogens (tertiary/aromatic N) is 2. The largest absolute Gasteiger partial charge is 0.394 e. The van der Waals surface area contributed by atoms with Crippen LogP contribution in [0.15, 0.2) is 22.7 Å². The molecule has 0 spiro atoms. The summed E-state index contributed by atoms with van der Waals surface area (Å²) in [6.45, 7) is 3.29. The molecular formula is C13H15BrN2O2. The Balaban J connectivity index is 2.31. The maximum Gasteiger partial charge on any atom is 0.103 e. The predicted octanol–water partition coefficient (Wildman–Crippen LogP) is 1.91. The number of ether oxygens (including phenoxy) is 1. The molecule has 2 atom stereocenters. The molecule has 1 saturated heterocycles. The van der Waals surface area contributed by atoms with Crippen LogP contribution in [0.2, 0.25) is 0 Å². The van der Waals surface area contributed by atoms with Crippen molar-refractivity contribution in [1.82, 2.24) is 0 Å². The first kappa shape index (κ1) is 13.3. The Morgan fingerprint density at radius 3 is 3.00 bits per heavy atom. The zero-order valence-corrected chi connectivity index (χ0v) is 11.7. The average molecular weight is 311 g/mol. The van der Waals surface area contributed by atoms with Gasteiger partial charge in [-0.05, 0) is 35.0 Å². The lowest BCUT2D eigenvalue weighted by Gasteiger charge is -2.38. The molecule has 1 aliphatic heterocycles. The normalized spacial score (nSPS) is 23.8. The van der Waals surface area contributed by atoms with E-state index in [0.29, 0.717) is 12.1 Å². The van der Waals surface area contributed by atoms with E-state index in [-0.39, 0.29) is 18.8 Å². The van der Waals surface area contributed by atoms with Gasteiger partial charge in [-0.25, -0.2) is 0 Å². The highest BCUT2D eigenvalue weighted by Crippen LogP contribution is 2.29. The van der Waals surface area contributed by atoms with Crippen LogP contribution in [0.3, 0.4) is 0 Å². The van der Waals surface area contributed by atoms with E-state index in [4.69, 9.17) is 4.74 Å². The molecule has 0 aromatic heterocycles. The molecule has 18 heavy (non-hydrogen) atoms. The molecule has 0 aliphatic carbocycles. The number of nitriles is 1. The number of anilines is 1. The van der Waals surface area contributed by atoms with Crippen molar-refractivity contribution in [2.24, 2.45) is 0 Å². The summed E-state index contributed by atoms with van der Waals surface area (Å²) in [6, 6.07) is 7.91. The van der Waals surface area contributed by atoms with Crippen molar-refractivity contribution in [1.29, 1.82) is 5.26 Å². The number of rotatable bonds is 2. The summed E-state index contributed by atoms with van der Waals surface area (Å²) in [6.07, 6.45) is -0.152. The Morgan fingerprint density at radius 2 is 2.33 bits per heavy atom. The van der Waals surface area contributed by atoms with Crippen LogP contribution in [0.4, 0.5) is 5.69 Å².